The molecule has 0 radical (unpaired) electrons. The highest BCUT2D eigenvalue weighted by atomic mass is 32.1. The van der Waals surface area contributed by atoms with Crippen LogP contribution in [0.1, 0.15) is 30.6 Å². The normalized spacial score (nSPS) is 23.6. The van der Waals surface area contributed by atoms with Gasteiger partial charge in [-0.3, -0.25) is 4.79 Å². The molecule has 1 aromatic heterocycles. The van der Waals surface area contributed by atoms with E-state index in [1.807, 2.05) is 4.90 Å². The summed E-state index contributed by atoms with van der Waals surface area (Å²) in [7, 11) is 0. The molecular formula is C14H22N2O2S. The fraction of sp³-hybridized carbons (Fsp3) is 0.643. The van der Waals surface area contributed by atoms with Gasteiger partial charge in [0.05, 0.1) is 0 Å². The van der Waals surface area contributed by atoms with Gasteiger partial charge in [0.25, 0.3) is 0 Å². The van der Waals surface area contributed by atoms with Crippen molar-refractivity contribution < 1.29 is 9.90 Å². The molecule has 2 unspecified atom stereocenters. The maximum Gasteiger partial charge on any atom is 0.219 e. The van der Waals surface area contributed by atoms with E-state index in [2.05, 4.69) is 22.8 Å². The van der Waals surface area contributed by atoms with Crippen LogP contribution in [0, 0.1) is 0 Å². The summed E-state index contributed by atoms with van der Waals surface area (Å²) in [4.78, 5) is 14.9. The van der Waals surface area contributed by atoms with E-state index >= 15 is 0 Å². The van der Waals surface area contributed by atoms with Gasteiger partial charge in [-0.25, -0.2) is 0 Å². The molecule has 0 aromatic carbocycles. The largest absolute Gasteiger partial charge is 0.396 e. The van der Waals surface area contributed by atoms with E-state index < -0.39 is 0 Å². The smallest absolute Gasteiger partial charge is 0.219 e. The number of carbonyl (C=O) groups is 1. The van der Waals surface area contributed by atoms with E-state index in [0.29, 0.717) is 12.0 Å². The van der Waals surface area contributed by atoms with E-state index in [1.54, 1.807) is 18.3 Å². The number of nitrogens with one attached hydrogen (secondary N) is 1. The Morgan fingerprint density at radius 2 is 2.42 bits per heavy atom. The summed E-state index contributed by atoms with van der Waals surface area (Å²) in [6.45, 7) is 4.27. The molecule has 4 nitrogen and oxygen atoms in total. The van der Waals surface area contributed by atoms with Crippen molar-refractivity contribution in [3.8, 4) is 0 Å². The van der Waals surface area contributed by atoms with E-state index in [1.165, 1.54) is 4.88 Å². The third-order valence-corrected chi connectivity index (χ3v) is 4.64. The summed E-state index contributed by atoms with van der Waals surface area (Å²) in [5.41, 5.74) is 0. The van der Waals surface area contributed by atoms with Crippen LogP contribution in [0.2, 0.25) is 0 Å². The second-order valence-electron chi connectivity index (χ2n) is 5.10. The zero-order valence-electron chi connectivity index (χ0n) is 11.3. The number of amides is 1. The molecule has 1 fully saturated rings. The molecule has 1 saturated heterocycles. The van der Waals surface area contributed by atoms with Gasteiger partial charge in [0.1, 0.15) is 0 Å². The third-order valence-electron chi connectivity index (χ3n) is 3.61. The molecule has 0 aliphatic carbocycles. The molecule has 1 aliphatic heterocycles. The molecular weight excluding hydrogens is 260 g/mol. The average molecular weight is 282 g/mol. The number of nitrogens with zero attached hydrogens (tertiary/aromatic N) is 1. The molecule has 2 atom stereocenters. The summed E-state index contributed by atoms with van der Waals surface area (Å²) < 4.78 is 0. The zero-order valence-corrected chi connectivity index (χ0v) is 12.2. The van der Waals surface area contributed by atoms with Crippen molar-refractivity contribution in [2.24, 2.45) is 0 Å². The Hall–Kier alpha value is -0.910. The van der Waals surface area contributed by atoms with Gasteiger partial charge < -0.3 is 15.3 Å². The first kappa shape index (κ1) is 14.5. The first-order chi connectivity index (χ1) is 9.20. The molecule has 2 heterocycles. The summed E-state index contributed by atoms with van der Waals surface area (Å²) in [6, 6.07) is 4.56. The van der Waals surface area contributed by atoms with Crippen molar-refractivity contribution in [3.05, 3.63) is 22.4 Å². The van der Waals surface area contributed by atoms with Crippen molar-refractivity contribution in [1.82, 2.24) is 10.2 Å². The maximum absolute atomic E-state index is 11.7. The van der Waals surface area contributed by atoms with E-state index in [0.717, 1.165) is 32.5 Å². The van der Waals surface area contributed by atoms with Crippen LogP contribution in [0.5, 0.6) is 0 Å². The Bertz CT molecular complexity index is 394. The van der Waals surface area contributed by atoms with Gasteiger partial charge in [0.2, 0.25) is 5.91 Å². The lowest BCUT2D eigenvalue weighted by Crippen LogP contribution is -2.50. The first-order valence-electron chi connectivity index (χ1n) is 6.84. The topological polar surface area (TPSA) is 52.6 Å². The van der Waals surface area contributed by atoms with Gasteiger partial charge >= 0.3 is 0 Å². The minimum absolute atomic E-state index is 0.148. The molecule has 0 saturated carbocycles. The molecule has 1 aliphatic rings. The van der Waals surface area contributed by atoms with E-state index in [4.69, 9.17) is 5.11 Å². The molecule has 2 rings (SSSR count). The molecule has 106 valence electrons. The minimum Gasteiger partial charge on any atom is -0.396 e. The first-order valence-corrected chi connectivity index (χ1v) is 7.72. The Labute approximate surface area is 118 Å². The van der Waals surface area contributed by atoms with Crippen molar-refractivity contribution >= 4 is 17.2 Å². The number of hydrogen-bond acceptors (Lipinski definition) is 4. The van der Waals surface area contributed by atoms with Crippen molar-refractivity contribution in [3.63, 3.8) is 0 Å². The summed E-state index contributed by atoms with van der Waals surface area (Å²) in [5.74, 6) is 0.583. The minimum atomic E-state index is 0.148. The highest BCUT2D eigenvalue weighted by Gasteiger charge is 2.29. The van der Waals surface area contributed by atoms with Crippen LogP contribution in [0.4, 0.5) is 0 Å². The maximum atomic E-state index is 11.7. The summed E-state index contributed by atoms with van der Waals surface area (Å²) in [6.07, 6.45) is 1.83. The number of aliphatic hydroxyl groups is 1. The van der Waals surface area contributed by atoms with Crippen molar-refractivity contribution in [2.45, 2.75) is 31.7 Å². The van der Waals surface area contributed by atoms with Crippen LogP contribution < -0.4 is 5.32 Å². The van der Waals surface area contributed by atoms with Gasteiger partial charge in [0, 0.05) is 43.5 Å². The third kappa shape index (κ3) is 4.03. The van der Waals surface area contributed by atoms with Crippen LogP contribution in [0.3, 0.4) is 0 Å². The predicted octanol–water partition coefficient (Wildman–Crippen LogP) is 1.42. The molecule has 19 heavy (non-hydrogen) atoms. The Morgan fingerprint density at radius 1 is 1.58 bits per heavy atom. The lowest BCUT2D eigenvalue weighted by molar-refractivity contribution is -0.130. The Morgan fingerprint density at radius 3 is 3.05 bits per heavy atom. The molecule has 5 heteroatoms. The lowest BCUT2D eigenvalue weighted by Gasteiger charge is -2.37. The lowest BCUT2D eigenvalue weighted by atomic mass is 9.92. The SMILES string of the molecule is CC(=O)N1CC(NCCCO)CC(c2cccs2)C1. The molecule has 0 bridgehead atoms. The van der Waals surface area contributed by atoms with Crippen molar-refractivity contribution in [2.75, 3.05) is 26.2 Å². The number of piperidine rings is 1. The number of likely N-dealkylation sites (tertiary alicyclic amines) is 1. The van der Waals surface area contributed by atoms with Gasteiger partial charge in [-0.15, -0.1) is 11.3 Å². The van der Waals surface area contributed by atoms with Crippen LogP contribution in [0.15, 0.2) is 17.5 Å². The van der Waals surface area contributed by atoms with E-state index in [-0.39, 0.29) is 12.5 Å². The van der Waals surface area contributed by atoms with Gasteiger partial charge in [-0.1, -0.05) is 6.07 Å². The monoisotopic (exact) mass is 282 g/mol. The van der Waals surface area contributed by atoms with Gasteiger partial charge in [-0.2, -0.15) is 0 Å². The standard InChI is InChI=1S/C14H22N2O2S/c1-11(18)16-9-12(14-4-2-7-19-14)8-13(10-16)15-5-3-6-17/h2,4,7,12-13,15,17H,3,5-6,8-10H2,1H3. The van der Waals surface area contributed by atoms with E-state index in [9.17, 15) is 4.79 Å². The van der Waals surface area contributed by atoms with Crippen LogP contribution in [-0.2, 0) is 4.79 Å². The Balaban J connectivity index is 1.98. The summed E-state index contributed by atoms with van der Waals surface area (Å²) >= 11 is 1.77. The summed E-state index contributed by atoms with van der Waals surface area (Å²) in [5, 5.41) is 14.4. The van der Waals surface area contributed by atoms with Crippen LogP contribution >= 0.6 is 11.3 Å². The fourth-order valence-corrected chi connectivity index (χ4v) is 3.45. The highest BCUT2D eigenvalue weighted by molar-refractivity contribution is 7.10. The second kappa shape index (κ2) is 7.03. The van der Waals surface area contributed by atoms with Crippen LogP contribution in [0.25, 0.3) is 0 Å². The van der Waals surface area contributed by atoms with Gasteiger partial charge in [0.15, 0.2) is 0 Å². The molecule has 0 spiro atoms. The van der Waals surface area contributed by atoms with Crippen LogP contribution in [-0.4, -0.2) is 48.2 Å². The number of thiophene rings is 1. The second-order valence-corrected chi connectivity index (χ2v) is 6.08. The quantitative estimate of drug-likeness (QED) is 0.803. The predicted molar refractivity (Wildman–Crippen MR) is 77.4 cm³/mol. The number of hydrogen-bond donors (Lipinski definition) is 2. The fourth-order valence-electron chi connectivity index (χ4n) is 2.62. The molecule has 2 N–H and O–H groups in total. The highest BCUT2D eigenvalue weighted by Crippen LogP contribution is 2.30. The zero-order chi connectivity index (χ0) is 13.7. The number of carbonyl (C=O) groups excluding carboxylic acids is 1. The average Bonchev–Trinajstić information content (AvgIpc) is 2.92. The van der Waals surface area contributed by atoms with Crippen molar-refractivity contribution in [1.29, 1.82) is 0 Å². The Kier molecular flexibility index (Phi) is 5.36. The number of rotatable bonds is 5. The molecule has 1 aromatic rings. The number of aliphatic hydroxyl groups excluding tert-OH is 1. The molecule has 1 amide bonds. The van der Waals surface area contributed by atoms with Gasteiger partial charge in [-0.05, 0) is 30.8 Å².